The average Bonchev–Trinajstić information content (AvgIpc) is 2.49. The zero-order valence-corrected chi connectivity index (χ0v) is 13.0. The molecule has 2 aromatic rings. The highest BCUT2D eigenvalue weighted by atomic mass is 79.9. The Morgan fingerprint density at radius 3 is 2.52 bits per heavy atom. The molecule has 2 rings (SSSR count). The molecule has 5 heteroatoms. The minimum atomic E-state index is -0.299. The van der Waals surface area contributed by atoms with Crippen LogP contribution in [0.4, 0.5) is 5.69 Å². The molecule has 0 atom stereocenters. The SMILES string of the molecule is Nc1ccccc1OCCC(=O)OCc1ccc(Br)cc1. The molecule has 0 heterocycles. The van der Waals surface area contributed by atoms with Gasteiger partial charge in [0.2, 0.25) is 0 Å². The number of halogens is 1. The van der Waals surface area contributed by atoms with Crippen molar-refractivity contribution in [2.24, 2.45) is 0 Å². The van der Waals surface area contributed by atoms with Gasteiger partial charge in [-0.05, 0) is 29.8 Å². The van der Waals surface area contributed by atoms with Crippen molar-refractivity contribution in [3.8, 4) is 5.75 Å². The highest BCUT2D eigenvalue weighted by Crippen LogP contribution is 2.19. The van der Waals surface area contributed by atoms with E-state index in [2.05, 4.69) is 15.9 Å². The molecule has 2 aromatic carbocycles. The summed E-state index contributed by atoms with van der Waals surface area (Å²) in [5.74, 6) is 0.283. The Morgan fingerprint density at radius 2 is 1.81 bits per heavy atom. The maximum absolute atomic E-state index is 11.6. The van der Waals surface area contributed by atoms with Gasteiger partial charge in [-0.15, -0.1) is 0 Å². The Kier molecular flexibility index (Phi) is 5.63. The summed E-state index contributed by atoms with van der Waals surface area (Å²) in [7, 11) is 0. The van der Waals surface area contributed by atoms with Crippen LogP contribution in [0.15, 0.2) is 53.0 Å². The van der Waals surface area contributed by atoms with Gasteiger partial charge in [-0.2, -0.15) is 0 Å². The van der Waals surface area contributed by atoms with Crippen LogP contribution >= 0.6 is 15.9 Å². The molecule has 21 heavy (non-hydrogen) atoms. The number of hydrogen-bond donors (Lipinski definition) is 1. The number of carbonyl (C=O) groups excluding carboxylic acids is 1. The van der Waals surface area contributed by atoms with Crippen molar-refractivity contribution >= 4 is 27.6 Å². The van der Waals surface area contributed by atoms with Gasteiger partial charge >= 0.3 is 5.97 Å². The summed E-state index contributed by atoms with van der Waals surface area (Å²) in [5, 5.41) is 0. The van der Waals surface area contributed by atoms with Crippen molar-refractivity contribution in [2.75, 3.05) is 12.3 Å². The Hall–Kier alpha value is -2.01. The molecule has 0 aliphatic heterocycles. The molecule has 0 aromatic heterocycles. The number of ether oxygens (including phenoxy) is 2. The number of hydrogen-bond acceptors (Lipinski definition) is 4. The van der Waals surface area contributed by atoms with Crippen molar-refractivity contribution in [1.29, 1.82) is 0 Å². The van der Waals surface area contributed by atoms with Gasteiger partial charge in [0.15, 0.2) is 0 Å². The Labute approximate surface area is 132 Å². The minimum absolute atomic E-state index is 0.185. The van der Waals surface area contributed by atoms with Crippen LogP contribution in [-0.4, -0.2) is 12.6 Å². The zero-order chi connectivity index (χ0) is 15.1. The molecule has 0 amide bonds. The normalized spacial score (nSPS) is 10.1. The topological polar surface area (TPSA) is 61.5 Å². The molecule has 0 unspecified atom stereocenters. The molecule has 0 fully saturated rings. The minimum Gasteiger partial charge on any atom is -0.491 e. The molecular weight excluding hydrogens is 334 g/mol. The number of benzene rings is 2. The maximum atomic E-state index is 11.6. The van der Waals surface area contributed by atoms with E-state index in [1.165, 1.54) is 0 Å². The number of nitrogen functional groups attached to an aromatic ring is 1. The zero-order valence-electron chi connectivity index (χ0n) is 11.4. The smallest absolute Gasteiger partial charge is 0.309 e. The Morgan fingerprint density at radius 1 is 1.10 bits per heavy atom. The fourth-order valence-corrected chi connectivity index (χ4v) is 1.94. The van der Waals surface area contributed by atoms with E-state index in [0.29, 0.717) is 11.4 Å². The lowest BCUT2D eigenvalue weighted by molar-refractivity contribution is -0.145. The first kappa shape index (κ1) is 15.4. The van der Waals surface area contributed by atoms with Gasteiger partial charge < -0.3 is 15.2 Å². The summed E-state index contributed by atoms with van der Waals surface area (Å²) in [6.45, 7) is 0.507. The van der Waals surface area contributed by atoms with Crippen LogP contribution in [0.25, 0.3) is 0 Å². The van der Waals surface area contributed by atoms with E-state index in [9.17, 15) is 4.79 Å². The van der Waals surface area contributed by atoms with E-state index in [4.69, 9.17) is 15.2 Å². The summed E-state index contributed by atoms with van der Waals surface area (Å²) in [5.41, 5.74) is 7.24. The summed E-state index contributed by atoms with van der Waals surface area (Å²) in [6, 6.07) is 14.8. The predicted octanol–water partition coefficient (Wildman–Crippen LogP) is 3.54. The van der Waals surface area contributed by atoms with Gasteiger partial charge in [-0.3, -0.25) is 4.79 Å². The fraction of sp³-hybridized carbons (Fsp3) is 0.188. The molecule has 0 aliphatic rings. The lowest BCUT2D eigenvalue weighted by Crippen LogP contribution is -2.10. The third-order valence-corrected chi connectivity index (χ3v) is 3.32. The predicted molar refractivity (Wildman–Crippen MR) is 84.9 cm³/mol. The van der Waals surface area contributed by atoms with E-state index in [1.54, 1.807) is 12.1 Å². The van der Waals surface area contributed by atoms with Gasteiger partial charge in [-0.1, -0.05) is 40.2 Å². The second-order valence-electron chi connectivity index (χ2n) is 4.42. The molecule has 0 aliphatic carbocycles. The van der Waals surface area contributed by atoms with Gasteiger partial charge in [-0.25, -0.2) is 0 Å². The number of esters is 1. The second kappa shape index (κ2) is 7.69. The van der Waals surface area contributed by atoms with Crippen molar-refractivity contribution in [1.82, 2.24) is 0 Å². The first-order chi connectivity index (χ1) is 10.1. The van der Waals surface area contributed by atoms with E-state index in [-0.39, 0.29) is 25.6 Å². The number of anilines is 1. The molecule has 2 N–H and O–H groups in total. The van der Waals surface area contributed by atoms with E-state index in [0.717, 1.165) is 10.0 Å². The van der Waals surface area contributed by atoms with E-state index < -0.39 is 0 Å². The van der Waals surface area contributed by atoms with Gasteiger partial charge in [0.25, 0.3) is 0 Å². The standard InChI is InChI=1S/C16H16BrNO3/c17-13-7-5-12(6-8-13)11-21-16(19)9-10-20-15-4-2-1-3-14(15)18/h1-8H,9-11,18H2. The van der Waals surface area contributed by atoms with Crippen LogP contribution in [0.5, 0.6) is 5.75 Å². The maximum Gasteiger partial charge on any atom is 0.309 e. The summed E-state index contributed by atoms with van der Waals surface area (Å²) < 4.78 is 11.6. The van der Waals surface area contributed by atoms with Crippen LogP contribution in [0.1, 0.15) is 12.0 Å². The van der Waals surface area contributed by atoms with E-state index >= 15 is 0 Å². The van der Waals surface area contributed by atoms with Gasteiger partial charge in [0.05, 0.1) is 18.7 Å². The molecule has 0 bridgehead atoms. The molecule has 0 saturated carbocycles. The Balaban J connectivity index is 1.70. The van der Waals surface area contributed by atoms with Crippen LogP contribution in [0.3, 0.4) is 0 Å². The van der Waals surface area contributed by atoms with Crippen LogP contribution in [-0.2, 0) is 16.1 Å². The van der Waals surface area contributed by atoms with Crippen molar-refractivity contribution < 1.29 is 14.3 Å². The highest BCUT2D eigenvalue weighted by molar-refractivity contribution is 9.10. The largest absolute Gasteiger partial charge is 0.491 e. The quantitative estimate of drug-likeness (QED) is 0.639. The van der Waals surface area contributed by atoms with Crippen molar-refractivity contribution in [3.05, 3.63) is 58.6 Å². The van der Waals surface area contributed by atoms with E-state index in [1.807, 2.05) is 36.4 Å². The average molecular weight is 350 g/mol. The lowest BCUT2D eigenvalue weighted by Gasteiger charge is -2.08. The number of rotatable bonds is 6. The fourth-order valence-electron chi connectivity index (χ4n) is 1.67. The summed E-state index contributed by atoms with van der Waals surface area (Å²) in [6.07, 6.45) is 0.185. The monoisotopic (exact) mass is 349 g/mol. The van der Waals surface area contributed by atoms with Gasteiger partial charge in [0.1, 0.15) is 12.4 Å². The number of para-hydroxylation sites is 2. The molecule has 0 spiro atoms. The molecule has 0 saturated heterocycles. The molecule has 4 nitrogen and oxygen atoms in total. The third-order valence-electron chi connectivity index (χ3n) is 2.80. The first-order valence-electron chi connectivity index (χ1n) is 6.52. The summed E-state index contributed by atoms with van der Waals surface area (Å²) >= 11 is 3.35. The van der Waals surface area contributed by atoms with Crippen molar-refractivity contribution in [3.63, 3.8) is 0 Å². The first-order valence-corrected chi connectivity index (χ1v) is 7.32. The number of carbonyl (C=O) groups is 1. The van der Waals surface area contributed by atoms with Crippen LogP contribution in [0, 0.1) is 0 Å². The Bertz CT molecular complexity index is 599. The van der Waals surface area contributed by atoms with Crippen LogP contribution in [0.2, 0.25) is 0 Å². The molecule has 110 valence electrons. The lowest BCUT2D eigenvalue weighted by atomic mass is 10.2. The molecule has 0 radical (unpaired) electrons. The number of nitrogens with two attached hydrogens (primary N) is 1. The molecular formula is C16H16BrNO3. The second-order valence-corrected chi connectivity index (χ2v) is 5.34. The highest BCUT2D eigenvalue weighted by Gasteiger charge is 2.05. The van der Waals surface area contributed by atoms with Gasteiger partial charge in [0, 0.05) is 4.47 Å². The third kappa shape index (κ3) is 5.11. The van der Waals surface area contributed by atoms with Crippen molar-refractivity contribution in [2.45, 2.75) is 13.0 Å². The summed E-state index contributed by atoms with van der Waals surface area (Å²) in [4.78, 5) is 11.6. The van der Waals surface area contributed by atoms with Crippen LogP contribution < -0.4 is 10.5 Å².